The van der Waals surface area contributed by atoms with E-state index in [-0.39, 0.29) is 6.04 Å². The summed E-state index contributed by atoms with van der Waals surface area (Å²) in [5, 5.41) is 8.41. The van der Waals surface area contributed by atoms with Crippen LogP contribution in [0.5, 0.6) is 5.75 Å². The fourth-order valence-electron chi connectivity index (χ4n) is 2.21. The second kappa shape index (κ2) is 6.77. The number of nitrogens with zero attached hydrogens (tertiary/aromatic N) is 2. The van der Waals surface area contributed by atoms with Gasteiger partial charge in [-0.3, -0.25) is 4.68 Å². The fourth-order valence-corrected chi connectivity index (χ4v) is 2.40. The Balaban J connectivity index is 2.38. The zero-order valence-electron chi connectivity index (χ0n) is 12.1. The van der Waals surface area contributed by atoms with E-state index in [1.54, 1.807) is 7.11 Å². The van der Waals surface area contributed by atoms with Crippen molar-refractivity contribution in [2.24, 2.45) is 7.05 Å². The molecule has 1 aromatic carbocycles. The summed E-state index contributed by atoms with van der Waals surface area (Å²) in [5.41, 5.74) is 2.23. The second-order valence-corrected chi connectivity index (χ2v) is 5.07. The minimum Gasteiger partial charge on any atom is -0.495 e. The summed E-state index contributed by atoms with van der Waals surface area (Å²) in [6.07, 6.45) is 2.88. The van der Waals surface area contributed by atoms with Crippen LogP contribution in [0, 0.1) is 0 Å². The van der Waals surface area contributed by atoms with E-state index in [4.69, 9.17) is 16.3 Å². The van der Waals surface area contributed by atoms with Crippen LogP contribution in [0.2, 0.25) is 5.02 Å². The van der Waals surface area contributed by atoms with Crippen molar-refractivity contribution in [3.05, 3.63) is 46.7 Å². The van der Waals surface area contributed by atoms with Crippen LogP contribution in [0.15, 0.2) is 30.5 Å². The van der Waals surface area contributed by atoms with Gasteiger partial charge in [-0.25, -0.2) is 0 Å². The molecule has 2 rings (SSSR count). The molecule has 0 saturated heterocycles. The molecule has 0 radical (unpaired) electrons. The van der Waals surface area contributed by atoms with Crippen molar-refractivity contribution < 1.29 is 4.74 Å². The average Bonchev–Trinajstić information content (AvgIpc) is 2.87. The van der Waals surface area contributed by atoms with Gasteiger partial charge in [-0.15, -0.1) is 0 Å². The second-order valence-electron chi connectivity index (χ2n) is 4.66. The molecule has 1 unspecified atom stereocenters. The number of nitrogens with one attached hydrogen (secondary N) is 1. The molecule has 0 bridgehead atoms. The Kier molecular flexibility index (Phi) is 5.04. The largest absolute Gasteiger partial charge is 0.495 e. The predicted octanol–water partition coefficient (Wildman–Crippen LogP) is 3.17. The first-order chi connectivity index (χ1) is 9.67. The van der Waals surface area contributed by atoms with E-state index in [1.807, 2.05) is 42.2 Å². The van der Waals surface area contributed by atoms with Crippen LogP contribution in [-0.2, 0) is 7.05 Å². The van der Waals surface area contributed by atoms with Crippen molar-refractivity contribution >= 4 is 11.6 Å². The Morgan fingerprint density at radius 2 is 2.20 bits per heavy atom. The Bertz CT molecular complexity index is 568. The highest BCUT2D eigenvalue weighted by molar-refractivity contribution is 6.32. The molecule has 5 heteroatoms. The molecule has 0 aliphatic heterocycles. The molecule has 0 saturated carbocycles. The van der Waals surface area contributed by atoms with Gasteiger partial charge in [0.1, 0.15) is 5.75 Å². The van der Waals surface area contributed by atoms with Crippen molar-refractivity contribution in [3.8, 4) is 5.75 Å². The lowest BCUT2D eigenvalue weighted by Crippen LogP contribution is -2.25. The number of aromatic nitrogens is 2. The number of aryl methyl sites for hydroxylation is 1. The smallest absolute Gasteiger partial charge is 0.137 e. The van der Waals surface area contributed by atoms with Crippen molar-refractivity contribution in [3.63, 3.8) is 0 Å². The monoisotopic (exact) mass is 293 g/mol. The van der Waals surface area contributed by atoms with Gasteiger partial charge < -0.3 is 10.1 Å². The standard InChI is InChI=1S/C15H20ClN3O/c1-4-8-17-15(13-7-9-18-19(13)2)11-5-6-12(16)14(10-11)20-3/h5-7,9-10,15,17H,4,8H2,1-3H3. The molecule has 1 N–H and O–H groups in total. The molecule has 4 nitrogen and oxygen atoms in total. The van der Waals surface area contributed by atoms with Crippen molar-refractivity contribution in [2.45, 2.75) is 19.4 Å². The van der Waals surface area contributed by atoms with Gasteiger partial charge in [0.25, 0.3) is 0 Å². The van der Waals surface area contributed by atoms with Gasteiger partial charge in [0, 0.05) is 13.2 Å². The molecule has 1 atom stereocenters. The first-order valence-electron chi connectivity index (χ1n) is 6.72. The maximum absolute atomic E-state index is 6.10. The first-order valence-corrected chi connectivity index (χ1v) is 7.10. The Morgan fingerprint density at radius 3 is 2.80 bits per heavy atom. The van der Waals surface area contributed by atoms with Gasteiger partial charge in [0.05, 0.1) is 23.9 Å². The normalized spacial score (nSPS) is 12.4. The maximum atomic E-state index is 6.10. The number of methoxy groups -OCH3 is 1. The van der Waals surface area contributed by atoms with Crippen LogP contribution in [0.25, 0.3) is 0 Å². The Labute approximate surface area is 124 Å². The van der Waals surface area contributed by atoms with Crippen LogP contribution in [0.4, 0.5) is 0 Å². The summed E-state index contributed by atoms with van der Waals surface area (Å²) in [5.74, 6) is 0.689. The topological polar surface area (TPSA) is 39.1 Å². The molecule has 1 aromatic heterocycles. The molecular formula is C15H20ClN3O. The van der Waals surface area contributed by atoms with Crippen molar-refractivity contribution in [2.75, 3.05) is 13.7 Å². The molecule has 1 heterocycles. The van der Waals surface area contributed by atoms with E-state index in [1.165, 1.54) is 0 Å². The third-order valence-electron chi connectivity index (χ3n) is 3.26. The highest BCUT2D eigenvalue weighted by atomic mass is 35.5. The third-order valence-corrected chi connectivity index (χ3v) is 3.57. The summed E-state index contributed by atoms with van der Waals surface area (Å²) in [6.45, 7) is 3.08. The minimum absolute atomic E-state index is 0.0774. The number of hydrogen-bond acceptors (Lipinski definition) is 3. The molecule has 2 aromatic rings. The molecular weight excluding hydrogens is 274 g/mol. The van der Waals surface area contributed by atoms with Crippen molar-refractivity contribution in [1.82, 2.24) is 15.1 Å². The van der Waals surface area contributed by atoms with Crippen LogP contribution in [-0.4, -0.2) is 23.4 Å². The molecule has 0 fully saturated rings. The van der Waals surface area contributed by atoms with Crippen LogP contribution in [0.3, 0.4) is 0 Å². The summed E-state index contributed by atoms with van der Waals surface area (Å²) < 4.78 is 7.19. The van der Waals surface area contributed by atoms with E-state index < -0.39 is 0 Å². The Hall–Kier alpha value is -1.52. The van der Waals surface area contributed by atoms with Crippen LogP contribution in [0.1, 0.15) is 30.6 Å². The van der Waals surface area contributed by atoms with E-state index in [0.29, 0.717) is 10.8 Å². The number of halogens is 1. The van der Waals surface area contributed by atoms with Crippen molar-refractivity contribution in [1.29, 1.82) is 0 Å². The summed E-state index contributed by atoms with van der Waals surface area (Å²) in [6, 6.07) is 7.96. The number of rotatable bonds is 6. The minimum atomic E-state index is 0.0774. The molecule has 0 amide bonds. The molecule has 0 spiro atoms. The van der Waals surface area contributed by atoms with Gasteiger partial charge in [-0.1, -0.05) is 24.6 Å². The summed E-state index contributed by atoms with van der Waals surface area (Å²) in [7, 11) is 3.58. The van der Waals surface area contributed by atoms with Crippen LogP contribution >= 0.6 is 11.6 Å². The maximum Gasteiger partial charge on any atom is 0.137 e. The fraction of sp³-hybridized carbons (Fsp3) is 0.400. The molecule has 108 valence electrons. The highest BCUT2D eigenvalue weighted by Gasteiger charge is 2.18. The quantitative estimate of drug-likeness (QED) is 0.889. The lowest BCUT2D eigenvalue weighted by molar-refractivity contribution is 0.413. The number of ether oxygens (including phenoxy) is 1. The van der Waals surface area contributed by atoms with Gasteiger partial charge in [0.15, 0.2) is 0 Å². The van der Waals surface area contributed by atoms with E-state index >= 15 is 0 Å². The Morgan fingerprint density at radius 1 is 1.40 bits per heavy atom. The first kappa shape index (κ1) is 14.9. The molecule has 0 aliphatic carbocycles. The number of benzene rings is 1. The van der Waals surface area contributed by atoms with E-state index in [9.17, 15) is 0 Å². The molecule has 0 aliphatic rings. The predicted molar refractivity (Wildman–Crippen MR) is 81.3 cm³/mol. The number of hydrogen-bond donors (Lipinski definition) is 1. The van der Waals surface area contributed by atoms with E-state index in [0.717, 1.165) is 24.2 Å². The zero-order valence-corrected chi connectivity index (χ0v) is 12.8. The zero-order chi connectivity index (χ0) is 14.5. The summed E-state index contributed by atoms with van der Waals surface area (Å²) in [4.78, 5) is 0. The van der Waals surface area contributed by atoms with Gasteiger partial charge in [-0.2, -0.15) is 5.10 Å². The lowest BCUT2D eigenvalue weighted by atomic mass is 10.0. The lowest BCUT2D eigenvalue weighted by Gasteiger charge is -2.20. The third kappa shape index (κ3) is 3.14. The molecule has 20 heavy (non-hydrogen) atoms. The highest BCUT2D eigenvalue weighted by Crippen LogP contribution is 2.30. The van der Waals surface area contributed by atoms with Gasteiger partial charge in [0.2, 0.25) is 0 Å². The SMILES string of the molecule is CCCNC(c1ccc(Cl)c(OC)c1)c1ccnn1C. The van der Waals surface area contributed by atoms with Gasteiger partial charge in [-0.05, 0) is 36.7 Å². The van der Waals surface area contributed by atoms with Gasteiger partial charge >= 0.3 is 0 Å². The van der Waals surface area contributed by atoms with E-state index in [2.05, 4.69) is 17.3 Å². The average molecular weight is 294 g/mol. The van der Waals surface area contributed by atoms with Crippen LogP contribution < -0.4 is 10.1 Å². The summed E-state index contributed by atoms with van der Waals surface area (Å²) >= 11 is 6.10.